The third-order valence-corrected chi connectivity index (χ3v) is 7.35. The SMILES string of the molecule is COc1ccc(-n2c(SCC(=O)Nc3ccc(Oc4ccccc4)cc3)nnc2-c2ccc(C(C)(C)C)cc2)cc1. The fourth-order valence-corrected chi connectivity index (χ4v) is 4.94. The van der Waals surface area contributed by atoms with Gasteiger partial charge in [-0.05, 0) is 71.6 Å². The van der Waals surface area contributed by atoms with Crippen LogP contribution in [0.2, 0.25) is 0 Å². The maximum Gasteiger partial charge on any atom is 0.234 e. The van der Waals surface area contributed by atoms with Gasteiger partial charge in [-0.3, -0.25) is 9.36 Å². The minimum atomic E-state index is -0.146. The number of anilines is 1. The number of methoxy groups -OCH3 is 1. The number of nitrogens with zero attached hydrogens (tertiary/aromatic N) is 3. The molecule has 8 heteroatoms. The molecule has 0 atom stereocenters. The molecular formula is C33H32N4O3S. The van der Waals surface area contributed by atoms with E-state index in [-0.39, 0.29) is 17.1 Å². The summed E-state index contributed by atoms with van der Waals surface area (Å²) in [5.74, 6) is 2.93. The van der Waals surface area contributed by atoms with E-state index in [0.717, 1.165) is 22.7 Å². The van der Waals surface area contributed by atoms with E-state index in [2.05, 4.69) is 60.6 Å². The molecule has 0 aliphatic carbocycles. The Kier molecular flexibility index (Phi) is 8.40. The fraction of sp³-hybridized carbons (Fsp3) is 0.182. The zero-order valence-corrected chi connectivity index (χ0v) is 24.3. The predicted octanol–water partition coefficient (Wildman–Crippen LogP) is 7.76. The van der Waals surface area contributed by atoms with E-state index in [1.165, 1.54) is 17.3 Å². The third-order valence-electron chi connectivity index (χ3n) is 6.42. The van der Waals surface area contributed by atoms with Crippen molar-refractivity contribution in [1.82, 2.24) is 14.8 Å². The fourth-order valence-electron chi connectivity index (χ4n) is 4.19. The number of para-hydroxylation sites is 1. The highest BCUT2D eigenvalue weighted by molar-refractivity contribution is 7.99. The quantitative estimate of drug-likeness (QED) is 0.184. The molecule has 1 amide bonds. The smallest absolute Gasteiger partial charge is 0.234 e. The maximum atomic E-state index is 12.9. The van der Waals surface area contributed by atoms with Crippen molar-refractivity contribution in [3.8, 4) is 34.3 Å². The second-order valence-electron chi connectivity index (χ2n) is 10.4. The first kappa shape index (κ1) is 28.0. The molecule has 5 aromatic rings. The highest BCUT2D eigenvalue weighted by atomic mass is 32.2. The number of ether oxygens (including phenoxy) is 2. The van der Waals surface area contributed by atoms with Gasteiger partial charge in [0.05, 0.1) is 12.9 Å². The van der Waals surface area contributed by atoms with E-state index in [1.54, 1.807) is 7.11 Å². The van der Waals surface area contributed by atoms with Crippen LogP contribution in [-0.4, -0.2) is 33.5 Å². The predicted molar refractivity (Wildman–Crippen MR) is 164 cm³/mol. The summed E-state index contributed by atoms with van der Waals surface area (Å²) in [6.45, 7) is 6.57. The molecule has 0 aliphatic rings. The minimum Gasteiger partial charge on any atom is -0.497 e. The van der Waals surface area contributed by atoms with Gasteiger partial charge < -0.3 is 14.8 Å². The molecule has 0 saturated heterocycles. The summed E-state index contributed by atoms with van der Waals surface area (Å²) in [6.07, 6.45) is 0. The van der Waals surface area contributed by atoms with E-state index in [0.29, 0.717) is 22.4 Å². The van der Waals surface area contributed by atoms with E-state index in [9.17, 15) is 4.79 Å². The summed E-state index contributed by atoms with van der Waals surface area (Å²) in [5, 5.41) is 12.5. The molecule has 0 radical (unpaired) electrons. The molecule has 0 bridgehead atoms. The van der Waals surface area contributed by atoms with E-state index in [4.69, 9.17) is 9.47 Å². The van der Waals surface area contributed by atoms with Crippen LogP contribution in [0.4, 0.5) is 5.69 Å². The van der Waals surface area contributed by atoms with Crippen molar-refractivity contribution >= 4 is 23.4 Å². The van der Waals surface area contributed by atoms with E-state index >= 15 is 0 Å². The molecule has 1 aromatic heterocycles. The van der Waals surface area contributed by atoms with E-state index in [1.807, 2.05) is 83.4 Å². The van der Waals surface area contributed by atoms with Gasteiger partial charge in [0, 0.05) is 16.9 Å². The Morgan fingerprint density at radius 1 is 0.805 bits per heavy atom. The van der Waals surface area contributed by atoms with Crippen LogP contribution < -0.4 is 14.8 Å². The summed E-state index contributed by atoms with van der Waals surface area (Å²) >= 11 is 1.33. The molecule has 0 spiro atoms. The number of hydrogen-bond acceptors (Lipinski definition) is 6. The Bertz CT molecular complexity index is 1590. The Morgan fingerprint density at radius 3 is 2.07 bits per heavy atom. The number of carbonyl (C=O) groups is 1. The normalized spacial score (nSPS) is 11.2. The lowest BCUT2D eigenvalue weighted by atomic mass is 9.87. The maximum absolute atomic E-state index is 12.9. The molecule has 208 valence electrons. The molecule has 1 N–H and O–H groups in total. The Balaban J connectivity index is 1.31. The molecule has 7 nitrogen and oxygen atoms in total. The van der Waals surface area contributed by atoms with Crippen molar-refractivity contribution in [3.05, 3.63) is 109 Å². The number of amides is 1. The van der Waals surface area contributed by atoms with Gasteiger partial charge in [0.2, 0.25) is 5.91 Å². The molecule has 1 heterocycles. The number of carbonyl (C=O) groups excluding carboxylic acids is 1. The van der Waals surface area contributed by atoms with Crippen molar-refractivity contribution < 1.29 is 14.3 Å². The van der Waals surface area contributed by atoms with Crippen LogP contribution in [0.1, 0.15) is 26.3 Å². The lowest BCUT2D eigenvalue weighted by Gasteiger charge is -2.19. The average molecular weight is 565 g/mol. The lowest BCUT2D eigenvalue weighted by Crippen LogP contribution is -2.14. The molecule has 0 aliphatic heterocycles. The van der Waals surface area contributed by atoms with Gasteiger partial charge in [0.15, 0.2) is 11.0 Å². The van der Waals surface area contributed by atoms with Gasteiger partial charge in [-0.15, -0.1) is 10.2 Å². The molecule has 0 unspecified atom stereocenters. The van der Waals surface area contributed by atoms with Crippen molar-refractivity contribution in [1.29, 1.82) is 0 Å². The highest BCUT2D eigenvalue weighted by Gasteiger charge is 2.19. The summed E-state index contributed by atoms with van der Waals surface area (Å²) < 4.78 is 13.1. The number of hydrogen-bond donors (Lipinski definition) is 1. The van der Waals surface area contributed by atoms with Crippen LogP contribution in [0.3, 0.4) is 0 Å². The lowest BCUT2D eigenvalue weighted by molar-refractivity contribution is -0.113. The summed E-state index contributed by atoms with van der Waals surface area (Å²) in [6, 6.07) is 32.9. The molecule has 0 fully saturated rings. The van der Waals surface area contributed by atoms with Crippen molar-refractivity contribution in [2.75, 3.05) is 18.2 Å². The first-order valence-electron chi connectivity index (χ1n) is 13.3. The second kappa shape index (κ2) is 12.3. The first-order valence-corrected chi connectivity index (χ1v) is 14.2. The average Bonchev–Trinajstić information content (AvgIpc) is 3.41. The van der Waals surface area contributed by atoms with Crippen LogP contribution in [0.5, 0.6) is 17.2 Å². The van der Waals surface area contributed by atoms with Crippen LogP contribution >= 0.6 is 11.8 Å². The first-order chi connectivity index (χ1) is 19.8. The Morgan fingerprint density at radius 2 is 1.44 bits per heavy atom. The minimum absolute atomic E-state index is 0.0474. The Hall–Kier alpha value is -4.56. The topological polar surface area (TPSA) is 78.3 Å². The zero-order valence-electron chi connectivity index (χ0n) is 23.5. The molecule has 5 rings (SSSR count). The van der Waals surface area contributed by atoms with Crippen molar-refractivity contribution in [2.24, 2.45) is 0 Å². The molecule has 0 saturated carbocycles. The Labute approximate surface area is 244 Å². The van der Waals surface area contributed by atoms with Crippen molar-refractivity contribution in [3.63, 3.8) is 0 Å². The molecule has 41 heavy (non-hydrogen) atoms. The van der Waals surface area contributed by atoms with Crippen LogP contribution in [0, 0.1) is 0 Å². The van der Waals surface area contributed by atoms with Gasteiger partial charge in [-0.2, -0.15) is 0 Å². The highest BCUT2D eigenvalue weighted by Crippen LogP contribution is 2.31. The molecule has 4 aromatic carbocycles. The third kappa shape index (κ3) is 6.96. The monoisotopic (exact) mass is 564 g/mol. The second-order valence-corrected chi connectivity index (χ2v) is 11.4. The van der Waals surface area contributed by atoms with E-state index < -0.39 is 0 Å². The summed E-state index contributed by atoms with van der Waals surface area (Å²) in [7, 11) is 1.64. The number of benzene rings is 4. The van der Waals surface area contributed by atoms with Gasteiger partial charge in [0.1, 0.15) is 17.2 Å². The van der Waals surface area contributed by atoms with Crippen LogP contribution in [0.25, 0.3) is 17.1 Å². The van der Waals surface area contributed by atoms with Gasteiger partial charge in [-0.25, -0.2) is 0 Å². The van der Waals surface area contributed by atoms with Gasteiger partial charge in [-0.1, -0.05) is 75.0 Å². The standard InChI is InChI=1S/C33H32N4O3S/c1-33(2,3)24-12-10-23(11-13-24)31-35-36-32(37(31)26-16-20-27(39-4)21-17-26)41-22-30(38)34-25-14-18-29(19-15-25)40-28-8-6-5-7-9-28/h5-21H,22H2,1-4H3,(H,34,38). The summed E-state index contributed by atoms with van der Waals surface area (Å²) in [5.41, 5.74) is 3.79. The number of nitrogens with one attached hydrogen (secondary N) is 1. The van der Waals surface area contributed by atoms with Crippen LogP contribution in [0.15, 0.2) is 108 Å². The number of thioether (sulfide) groups is 1. The largest absolute Gasteiger partial charge is 0.497 e. The van der Waals surface area contributed by atoms with Gasteiger partial charge >= 0.3 is 0 Å². The zero-order chi connectivity index (χ0) is 28.8. The number of rotatable bonds is 9. The molecular weight excluding hydrogens is 532 g/mol. The van der Waals surface area contributed by atoms with Gasteiger partial charge in [0.25, 0.3) is 0 Å². The van der Waals surface area contributed by atoms with Crippen molar-refractivity contribution in [2.45, 2.75) is 31.3 Å². The number of aromatic nitrogens is 3. The van der Waals surface area contributed by atoms with Crippen LogP contribution in [-0.2, 0) is 10.2 Å². The summed E-state index contributed by atoms with van der Waals surface area (Å²) in [4.78, 5) is 12.9.